The van der Waals surface area contributed by atoms with Gasteiger partial charge in [0, 0.05) is 23.9 Å². The molecular formula is C22H26N4O. The van der Waals surface area contributed by atoms with Crippen molar-refractivity contribution in [3.63, 3.8) is 0 Å². The molecule has 0 radical (unpaired) electrons. The first-order chi connectivity index (χ1) is 13.0. The second kappa shape index (κ2) is 8.08. The third-order valence-corrected chi connectivity index (χ3v) is 4.34. The van der Waals surface area contributed by atoms with E-state index in [1.807, 2.05) is 30.3 Å². The average molecular weight is 362 g/mol. The largest absolute Gasteiger partial charge is 0.496 e. The number of para-hydroxylation sites is 1. The Morgan fingerprint density at radius 3 is 2.33 bits per heavy atom. The highest BCUT2D eigenvalue weighted by atomic mass is 16.5. The topological polar surface area (TPSA) is 59.1 Å². The second-order valence-corrected chi connectivity index (χ2v) is 7.41. The summed E-state index contributed by atoms with van der Waals surface area (Å²) in [6.45, 7) is 7.25. The molecule has 0 spiro atoms. The molecule has 0 saturated heterocycles. The molecule has 1 aromatic heterocycles. The molecule has 140 valence electrons. The Balaban J connectivity index is 1.67. The summed E-state index contributed by atoms with van der Waals surface area (Å²) in [5, 5.41) is 6.65. The smallest absolute Gasteiger partial charge is 0.135 e. The van der Waals surface area contributed by atoms with Gasteiger partial charge < -0.3 is 15.4 Å². The van der Waals surface area contributed by atoms with E-state index in [1.165, 1.54) is 5.56 Å². The molecule has 3 rings (SSSR count). The van der Waals surface area contributed by atoms with Crippen LogP contribution in [0, 0.1) is 0 Å². The number of anilines is 3. The lowest BCUT2D eigenvalue weighted by Crippen LogP contribution is -2.10. The van der Waals surface area contributed by atoms with Gasteiger partial charge in [-0.05, 0) is 29.2 Å². The monoisotopic (exact) mass is 362 g/mol. The van der Waals surface area contributed by atoms with Crippen LogP contribution in [0.4, 0.5) is 17.3 Å². The molecule has 5 heteroatoms. The molecule has 5 nitrogen and oxygen atoms in total. The number of hydrogen-bond acceptors (Lipinski definition) is 5. The van der Waals surface area contributed by atoms with Gasteiger partial charge in [0.2, 0.25) is 0 Å². The molecule has 2 aromatic carbocycles. The number of ether oxygens (including phenoxy) is 1. The quantitative estimate of drug-likeness (QED) is 0.636. The van der Waals surface area contributed by atoms with E-state index in [9.17, 15) is 0 Å². The van der Waals surface area contributed by atoms with E-state index >= 15 is 0 Å². The van der Waals surface area contributed by atoms with Gasteiger partial charge in [0.25, 0.3) is 0 Å². The minimum Gasteiger partial charge on any atom is -0.496 e. The summed E-state index contributed by atoms with van der Waals surface area (Å²) < 4.78 is 5.38. The van der Waals surface area contributed by atoms with E-state index in [0.717, 1.165) is 28.6 Å². The van der Waals surface area contributed by atoms with Crippen LogP contribution in [0.5, 0.6) is 5.75 Å². The maximum atomic E-state index is 5.38. The van der Waals surface area contributed by atoms with E-state index in [-0.39, 0.29) is 5.41 Å². The van der Waals surface area contributed by atoms with Crippen molar-refractivity contribution in [1.29, 1.82) is 0 Å². The normalized spacial score (nSPS) is 11.1. The fraction of sp³-hybridized carbons (Fsp3) is 0.273. The second-order valence-electron chi connectivity index (χ2n) is 7.41. The third kappa shape index (κ3) is 4.97. The van der Waals surface area contributed by atoms with Gasteiger partial charge in [-0.25, -0.2) is 9.97 Å². The molecular weight excluding hydrogens is 336 g/mol. The number of aromatic nitrogens is 2. The maximum Gasteiger partial charge on any atom is 0.135 e. The van der Waals surface area contributed by atoms with Gasteiger partial charge in [-0.2, -0.15) is 0 Å². The van der Waals surface area contributed by atoms with Crippen LogP contribution in [0.15, 0.2) is 60.9 Å². The Bertz CT molecular complexity index is 885. The van der Waals surface area contributed by atoms with Crippen molar-refractivity contribution in [3.05, 3.63) is 72.1 Å². The van der Waals surface area contributed by atoms with Gasteiger partial charge in [-0.15, -0.1) is 0 Å². The molecule has 0 bridgehead atoms. The lowest BCUT2D eigenvalue weighted by molar-refractivity contribution is 0.410. The van der Waals surface area contributed by atoms with Crippen molar-refractivity contribution in [2.75, 3.05) is 17.7 Å². The summed E-state index contributed by atoms with van der Waals surface area (Å²) in [6.07, 6.45) is 1.55. The van der Waals surface area contributed by atoms with Crippen molar-refractivity contribution < 1.29 is 4.74 Å². The lowest BCUT2D eigenvalue weighted by atomic mass is 9.87. The highest BCUT2D eigenvalue weighted by Crippen LogP contribution is 2.25. The predicted molar refractivity (Wildman–Crippen MR) is 111 cm³/mol. The molecule has 3 aromatic rings. The van der Waals surface area contributed by atoms with Crippen LogP contribution in [0.3, 0.4) is 0 Å². The van der Waals surface area contributed by atoms with Crippen LogP contribution in [-0.4, -0.2) is 17.1 Å². The highest BCUT2D eigenvalue weighted by molar-refractivity contribution is 5.59. The molecule has 0 aliphatic carbocycles. The Hall–Kier alpha value is -3.08. The number of nitrogens with zero attached hydrogens (tertiary/aromatic N) is 2. The van der Waals surface area contributed by atoms with Crippen LogP contribution in [0.25, 0.3) is 0 Å². The van der Waals surface area contributed by atoms with E-state index in [4.69, 9.17) is 4.74 Å². The number of hydrogen-bond donors (Lipinski definition) is 2. The van der Waals surface area contributed by atoms with Crippen molar-refractivity contribution in [2.24, 2.45) is 0 Å². The summed E-state index contributed by atoms with van der Waals surface area (Å²) in [4.78, 5) is 8.60. The molecule has 27 heavy (non-hydrogen) atoms. The van der Waals surface area contributed by atoms with E-state index in [0.29, 0.717) is 6.54 Å². The van der Waals surface area contributed by atoms with Crippen molar-refractivity contribution in [1.82, 2.24) is 9.97 Å². The van der Waals surface area contributed by atoms with Crippen LogP contribution in [-0.2, 0) is 12.0 Å². The zero-order chi connectivity index (χ0) is 19.3. The molecule has 2 N–H and O–H groups in total. The van der Waals surface area contributed by atoms with Gasteiger partial charge in [-0.3, -0.25) is 0 Å². The van der Waals surface area contributed by atoms with Crippen molar-refractivity contribution in [3.8, 4) is 5.75 Å². The van der Waals surface area contributed by atoms with Gasteiger partial charge in [0.05, 0.1) is 7.11 Å². The van der Waals surface area contributed by atoms with Crippen LogP contribution < -0.4 is 15.4 Å². The summed E-state index contributed by atoms with van der Waals surface area (Å²) in [6, 6.07) is 18.3. The van der Waals surface area contributed by atoms with E-state index < -0.39 is 0 Å². The minimum atomic E-state index is 0.142. The zero-order valence-electron chi connectivity index (χ0n) is 16.3. The lowest BCUT2D eigenvalue weighted by Gasteiger charge is -2.19. The summed E-state index contributed by atoms with van der Waals surface area (Å²) >= 11 is 0. The average Bonchev–Trinajstić information content (AvgIpc) is 2.66. The maximum absolute atomic E-state index is 5.38. The fourth-order valence-electron chi connectivity index (χ4n) is 2.76. The van der Waals surface area contributed by atoms with Crippen molar-refractivity contribution in [2.45, 2.75) is 32.7 Å². The number of rotatable bonds is 6. The molecule has 0 aliphatic rings. The Kier molecular flexibility index (Phi) is 5.60. The molecule has 1 heterocycles. The molecule has 0 unspecified atom stereocenters. The molecule has 0 atom stereocenters. The zero-order valence-corrected chi connectivity index (χ0v) is 16.3. The van der Waals surface area contributed by atoms with Crippen LogP contribution in [0.2, 0.25) is 0 Å². The number of benzene rings is 2. The van der Waals surface area contributed by atoms with Gasteiger partial charge in [0.1, 0.15) is 23.7 Å². The Labute approximate surface area is 160 Å². The number of methoxy groups -OCH3 is 1. The van der Waals surface area contributed by atoms with Crippen LogP contribution >= 0.6 is 0 Å². The van der Waals surface area contributed by atoms with Gasteiger partial charge in [-0.1, -0.05) is 51.1 Å². The summed E-state index contributed by atoms with van der Waals surface area (Å²) in [7, 11) is 1.68. The molecule has 0 aliphatic heterocycles. The Morgan fingerprint density at radius 1 is 0.926 bits per heavy atom. The number of nitrogens with one attached hydrogen (secondary N) is 2. The summed E-state index contributed by atoms with van der Waals surface area (Å²) in [5.41, 5.74) is 3.52. The predicted octanol–water partition coefficient (Wildman–Crippen LogP) is 5.14. The van der Waals surface area contributed by atoms with Gasteiger partial charge in [0.15, 0.2) is 0 Å². The van der Waals surface area contributed by atoms with Crippen molar-refractivity contribution >= 4 is 17.3 Å². The molecule has 0 amide bonds. The third-order valence-electron chi connectivity index (χ3n) is 4.34. The molecule has 0 saturated carbocycles. The Morgan fingerprint density at radius 2 is 1.63 bits per heavy atom. The first-order valence-corrected chi connectivity index (χ1v) is 9.01. The first-order valence-electron chi connectivity index (χ1n) is 9.01. The summed E-state index contributed by atoms with van der Waals surface area (Å²) in [5.74, 6) is 2.36. The SMILES string of the molecule is COc1ccccc1CNc1cc(Nc2ccc(C(C)(C)C)cc2)ncn1. The van der Waals surface area contributed by atoms with E-state index in [2.05, 4.69) is 65.6 Å². The first kappa shape index (κ1) is 18.7. The van der Waals surface area contributed by atoms with Crippen LogP contribution in [0.1, 0.15) is 31.9 Å². The van der Waals surface area contributed by atoms with E-state index in [1.54, 1.807) is 13.4 Å². The fourth-order valence-corrected chi connectivity index (χ4v) is 2.76. The molecule has 0 fully saturated rings. The standard InChI is InChI=1S/C22H26N4O/c1-22(2,3)17-9-11-18(12-10-17)26-21-13-20(24-15-25-21)23-14-16-7-5-6-8-19(16)27-4/h5-13,15H,14H2,1-4H3,(H2,23,24,25,26). The van der Waals surface area contributed by atoms with Gasteiger partial charge >= 0.3 is 0 Å². The highest BCUT2D eigenvalue weighted by Gasteiger charge is 2.12. The minimum absolute atomic E-state index is 0.142.